The standard InChI is InChI=1S/C22H21ClF2N6O/c1-13(14-2-3-19(29-11-14)32-15-8-22(24,25)9-15)31-7-4-16-17(10-27)20(23)30-21(18(16)12-31)28-6-5-26/h2-3,11,13,15H,4,6-9,12H2,1H3,(H,28,30). The minimum atomic E-state index is -2.63. The summed E-state index contributed by atoms with van der Waals surface area (Å²) in [5, 5.41) is 21.6. The molecule has 3 heterocycles. The van der Waals surface area contributed by atoms with Gasteiger partial charge in [-0.2, -0.15) is 10.5 Å². The van der Waals surface area contributed by atoms with E-state index in [1.807, 2.05) is 19.1 Å². The number of halogens is 3. The first kappa shape index (κ1) is 22.2. The highest BCUT2D eigenvalue weighted by molar-refractivity contribution is 6.30. The molecule has 0 bridgehead atoms. The summed E-state index contributed by atoms with van der Waals surface area (Å²) < 4.78 is 31.5. The number of pyridine rings is 2. The van der Waals surface area contributed by atoms with Crippen LogP contribution in [0.2, 0.25) is 5.15 Å². The molecule has 2 aliphatic rings. The monoisotopic (exact) mass is 458 g/mol. The van der Waals surface area contributed by atoms with Crippen LogP contribution in [0.3, 0.4) is 0 Å². The smallest absolute Gasteiger partial charge is 0.255 e. The number of anilines is 1. The second kappa shape index (κ2) is 8.85. The first-order valence-electron chi connectivity index (χ1n) is 10.3. The van der Waals surface area contributed by atoms with Gasteiger partial charge in [-0.3, -0.25) is 4.90 Å². The van der Waals surface area contributed by atoms with Crippen LogP contribution < -0.4 is 10.1 Å². The number of rotatable bonds is 6. The Hall–Kier alpha value is -3.01. The summed E-state index contributed by atoms with van der Waals surface area (Å²) in [5.41, 5.74) is 3.05. The normalized spacial score (nSPS) is 18.6. The third-order valence-corrected chi connectivity index (χ3v) is 6.23. The molecular weight excluding hydrogens is 438 g/mol. The Morgan fingerprint density at radius 1 is 1.34 bits per heavy atom. The molecule has 1 atom stereocenters. The molecular formula is C22H21ClF2N6O. The lowest BCUT2D eigenvalue weighted by Crippen LogP contribution is -2.43. The van der Waals surface area contributed by atoms with Gasteiger partial charge in [-0.15, -0.1) is 0 Å². The lowest BCUT2D eigenvalue weighted by Gasteiger charge is -2.35. The van der Waals surface area contributed by atoms with Crippen molar-refractivity contribution in [2.45, 2.75) is 50.8 Å². The van der Waals surface area contributed by atoms with Gasteiger partial charge in [0.05, 0.1) is 11.6 Å². The third-order valence-electron chi connectivity index (χ3n) is 5.95. The van der Waals surface area contributed by atoms with Crippen molar-refractivity contribution < 1.29 is 13.5 Å². The maximum absolute atomic E-state index is 13.0. The molecule has 32 heavy (non-hydrogen) atoms. The van der Waals surface area contributed by atoms with E-state index in [2.05, 4.69) is 26.3 Å². The van der Waals surface area contributed by atoms with E-state index >= 15 is 0 Å². The summed E-state index contributed by atoms with van der Waals surface area (Å²) >= 11 is 6.19. The third kappa shape index (κ3) is 4.45. The van der Waals surface area contributed by atoms with Crippen molar-refractivity contribution in [3.05, 3.63) is 45.7 Å². The van der Waals surface area contributed by atoms with Gasteiger partial charge in [0.1, 0.15) is 29.7 Å². The zero-order valence-electron chi connectivity index (χ0n) is 17.4. The molecule has 7 nitrogen and oxygen atoms in total. The lowest BCUT2D eigenvalue weighted by molar-refractivity contribution is -0.135. The molecule has 0 aromatic carbocycles. The molecule has 4 rings (SSSR count). The Bertz CT molecular complexity index is 1090. The first-order chi connectivity index (χ1) is 15.3. The predicted molar refractivity (Wildman–Crippen MR) is 113 cm³/mol. The summed E-state index contributed by atoms with van der Waals surface area (Å²) in [6, 6.07) is 7.76. The molecule has 2 aromatic rings. The van der Waals surface area contributed by atoms with E-state index in [-0.39, 0.29) is 30.6 Å². The molecule has 1 aliphatic heterocycles. The van der Waals surface area contributed by atoms with Crippen molar-refractivity contribution >= 4 is 17.4 Å². The fourth-order valence-electron chi connectivity index (χ4n) is 4.12. The van der Waals surface area contributed by atoms with E-state index in [9.17, 15) is 14.0 Å². The highest BCUT2D eigenvalue weighted by Gasteiger charge is 2.47. The zero-order valence-corrected chi connectivity index (χ0v) is 18.2. The molecule has 2 aromatic heterocycles. The summed E-state index contributed by atoms with van der Waals surface area (Å²) in [4.78, 5) is 10.8. The Morgan fingerprint density at radius 2 is 2.12 bits per heavy atom. The number of nitrogens with one attached hydrogen (secondary N) is 1. The van der Waals surface area contributed by atoms with E-state index in [1.165, 1.54) is 0 Å². The molecule has 10 heteroatoms. The van der Waals surface area contributed by atoms with Crippen molar-refractivity contribution in [3.8, 4) is 18.0 Å². The average molecular weight is 459 g/mol. The van der Waals surface area contributed by atoms with Gasteiger partial charge in [0.2, 0.25) is 5.88 Å². The van der Waals surface area contributed by atoms with E-state index in [1.54, 1.807) is 12.3 Å². The number of fused-ring (bicyclic) bond motifs is 1. The summed E-state index contributed by atoms with van der Waals surface area (Å²) in [7, 11) is 0. The second-order valence-corrected chi connectivity index (χ2v) is 8.40. The zero-order chi connectivity index (χ0) is 22.9. The van der Waals surface area contributed by atoms with Crippen LogP contribution >= 0.6 is 11.6 Å². The second-order valence-electron chi connectivity index (χ2n) is 8.04. The van der Waals surface area contributed by atoms with Gasteiger partial charge in [0.25, 0.3) is 5.92 Å². The highest BCUT2D eigenvalue weighted by atomic mass is 35.5. The van der Waals surface area contributed by atoms with Crippen molar-refractivity contribution in [1.82, 2.24) is 14.9 Å². The van der Waals surface area contributed by atoms with E-state index in [0.29, 0.717) is 36.8 Å². The molecule has 1 fully saturated rings. The highest BCUT2D eigenvalue weighted by Crippen LogP contribution is 2.39. The van der Waals surface area contributed by atoms with Crippen LogP contribution in [-0.2, 0) is 13.0 Å². The topological polar surface area (TPSA) is 97.9 Å². The van der Waals surface area contributed by atoms with Gasteiger partial charge < -0.3 is 10.1 Å². The minimum Gasteiger partial charge on any atom is -0.474 e. The van der Waals surface area contributed by atoms with Crippen LogP contribution in [0.4, 0.5) is 14.6 Å². The maximum atomic E-state index is 13.0. The van der Waals surface area contributed by atoms with Crippen LogP contribution in [0.5, 0.6) is 5.88 Å². The average Bonchev–Trinajstić information content (AvgIpc) is 2.76. The number of ether oxygens (including phenoxy) is 1. The fraction of sp³-hybridized carbons (Fsp3) is 0.455. The molecule has 1 N–H and O–H groups in total. The predicted octanol–water partition coefficient (Wildman–Crippen LogP) is 4.23. The molecule has 1 saturated carbocycles. The molecule has 0 amide bonds. The Labute approximate surface area is 189 Å². The Balaban J connectivity index is 1.49. The van der Waals surface area contributed by atoms with Gasteiger partial charge >= 0.3 is 0 Å². The van der Waals surface area contributed by atoms with Crippen molar-refractivity contribution in [2.75, 3.05) is 18.4 Å². The molecule has 0 spiro atoms. The van der Waals surface area contributed by atoms with Crippen molar-refractivity contribution in [3.63, 3.8) is 0 Å². The quantitative estimate of drug-likeness (QED) is 0.510. The van der Waals surface area contributed by atoms with Crippen molar-refractivity contribution in [1.29, 1.82) is 10.5 Å². The number of hydrogen-bond donors (Lipinski definition) is 1. The number of alkyl halides is 2. The van der Waals surface area contributed by atoms with Crippen molar-refractivity contribution in [2.24, 2.45) is 0 Å². The van der Waals surface area contributed by atoms with E-state index in [0.717, 1.165) is 16.7 Å². The van der Waals surface area contributed by atoms with Gasteiger partial charge in [0, 0.05) is 49.8 Å². The van der Waals surface area contributed by atoms with Gasteiger partial charge in [0.15, 0.2) is 0 Å². The number of nitrogens with zero attached hydrogens (tertiary/aromatic N) is 5. The SMILES string of the molecule is CC(c1ccc(OC2CC(F)(F)C2)nc1)N1CCc2c(C#N)c(Cl)nc(NCC#N)c2C1. The van der Waals surface area contributed by atoms with Crippen LogP contribution in [0.25, 0.3) is 0 Å². The molecule has 0 radical (unpaired) electrons. The van der Waals surface area contributed by atoms with Crippen LogP contribution in [0.1, 0.15) is 48.1 Å². The van der Waals surface area contributed by atoms with Gasteiger partial charge in [-0.25, -0.2) is 18.7 Å². The Morgan fingerprint density at radius 3 is 2.75 bits per heavy atom. The molecule has 0 saturated heterocycles. The molecule has 166 valence electrons. The summed E-state index contributed by atoms with van der Waals surface area (Å²) in [5.74, 6) is -1.78. The lowest BCUT2D eigenvalue weighted by atomic mass is 9.91. The Kier molecular flexibility index (Phi) is 6.14. The summed E-state index contributed by atoms with van der Waals surface area (Å²) in [6.07, 6.45) is 1.28. The molecule has 1 unspecified atom stereocenters. The van der Waals surface area contributed by atoms with E-state index < -0.39 is 12.0 Å². The summed E-state index contributed by atoms with van der Waals surface area (Å²) in [6.45, 7) is 3.36. The van der Waals surface area contributed by atoms with E-state index in [4.69, 9.17) is 21.6 Å². The van der Waals surface area contributed by atoms with Crippen LogP contribution in [0.15, 0.2) is 18.3 Å². The minimum absolute atomic E-state index is 0.00256. The van der Waals surface area contributed by atoms with Gasteiger partial charge in [-0.1, -0.05) is 17.7 Å². The maximum Gasteiger partial charge on any atom is 0.255 e. The van der Waals surface area contributed by atoms with Crippen LogP contribution in [0, 0.1) is 22.7 Å². The van der Waals surface area contributed by atoms with Crippen LogP contribution in [-0.4, -0.2) is 40.0 Å². The fourth-order valence-corrected chi connectivity index (χ4v) is 4.36. The number of aromatic nitrogens is 2. The number of hydrogen-bond acceptors (Lipinski definition) is 7. The number of nitriles is 2. The van der Waals surface area contributed by atoms with Gasteiger partial charge in [-0.05, 0) is 24.5 Å². The first-order valence-corrected chi connectivity index (χ1v) is 10.7. The molecule has 1 aliphatic carbocycles. The largest absolute Gasteiger partial charge is 0.474 e.